The maximum atomic E-state index is 9.23. The fourth-order valence-corrected chi connectivity index (χ4v) is 2.26. The van der Waals surface area contributed by atoms with Crippen LogP contribution >= 0.6 is 0 Å². The van der Waals surface area contributed by atoms with E-state index in [4.69, 9.17) is 0 Å². The van der Waals surface area contributed by atoms with Crippen molar-refractivity contribution in [1.29, 1.82) is 0 Å². The summed E-state index contributed by atoms with van der Waals surface area (Å²) in [6, 6.07) is 7.21. The summed E-state index contributed by atoms with van der Waals surface area (Å²) in [5.74, 6) is 6.83. The molecule has 2 N–H and O–H groups in total. The Kier molecular flexibility index (Phi) is 4.25. The van der Waals surface area contributed by atoms with Gasteiger partial charge in [-0.15, -0.1) is 0 Å². The van der Waals surface area contributed by atoms with E-state index >= 15 is 0 Å². The Hall–Kier alpha value is -1.24. The SMILES string of the molecule is OB(O)c1ccccc1C#CC1CCCCC1. The molecule has 88 valence electrons. The second-order valence-electron chi connectivity index (χ2n) is 4.57. The van der Waals surface area contributed by atoms with E-state index in [0.717, 1.165) is 5.56 Å². The summed E-state index contributed by atoms with van der Waals surface area (Å²) in [6.07, 6.45) is 6.21. The van der Waals surface area contributed by atoms with Crippen molar-refractivity contribution in [2.75, 3.05) is 0 Å². The average Bonchev–Trinajstić information content (AvgIpc) is 2.38. The zero-order valence-electron chi connectivity index (χ0n) is 9.89. The normalized spacial score (nSPS) is 16.1. The van der Waals surface area contributed by atoms with E-state index in [2.05, 4.69) is 11.8 Å². The molecule has 1 aliphatic carbocycles. The van der Waals surface area contributed by atoms with Gasteiger partial charge < -0.3 is 10.0 Å². The molecule has 0 aromatic heterocycles. The van der Waals surface area contributed by atoms with Crippen LogP contribution in [0.5, 0.6) is 0 Å². The van der Waals surface area contributed by atoms with Crippen LogP contribution in [0.1, 0.15) is 37.7 Å². The van der Waals surface area contributed by atoms with Crippen LogP contribution in [0.3, 0.4) is 0 Å². The van der Waals surface area contributed by atoms with Crippen molar-refractivity contribution in [2.24, 2.45) is 5.92 Å². The second-order valence-corrected chi connectivity index (χ2v) is 4.57. The Morgan fingerprint density at radius 2 is 1.76 bits per heavy atom. The van der Waals surface area contributed by atoms with Crippen molar-refractivity contribution < 1.29 is 10.0 Å². The van der Waals surface area contributed by atoms with E-state index < -0.39 is 7.12 Å². The number of rotatable bonds is 1. The Labute approximate surface area is 103 Å². The quantitative estimate of drug-likeness (QED) is 0.561. The lowest BCUT2D eigenvalue weighted by Crippen LogP contribution is -2.32. The van der Waals surface area contributed by atoms with Crippen LogP contribution in [0.4, 0.5) is 0 Å². The highest BCUT2D eigenvalue weighted by molar-refractivity contribution is 6.59. The molecule has 2 rings (SSSR count). The minimum Gasteiger partial charge on any atom is -0.423 e. The summed E-state index contributed by atoms with van der Waals surface area (Å²) in [5, 5.41) is 18.5. The highest BCUT2D eigenvalue weighted by Crippen LogP contribution is 2.22. The topological polar surface area (TPSA) is 40.5 Å². The van der Waals surface area contributed by atoms with Crippen molar-refractivity contribution in [1.82, 2.24) is 0 Å². The number of hydrogen-bond acceptors (Lipinski definition) is 2. The summed E-state index contributed by atoms with van der Waals surface area (Å²) in [5.41, 5.74) is 1.23. The molecule has 0 radical (unpaired) electrons. The molecule has 0 spiro atoms. The fraction of sp³-hybridized carbons (Fsp3) is 0.429. The first-order chi connectivity index (χ1) is 8.27. The van der Waals surface area contributed by atoms with Crippen LogP contribution in [0.25, 0.3) is 0 Å². The molecular formula is C14H17BO2. The highest BCUT2D eigenvalue weighted by atomic mass is 16.4. The average molecular weight is 228 g/mol. The van der Waals surface area contributed by atoms with Gasteiger partial charge in [-0.25, -0.2) is 0 Å². The molecule has 0 aliphatic heterocycles. The number of benzene rings is 1. The molecule has 1 fully saturated rings. The van der Waals surface area contributed by atoms with Gasteiger partial charge in [-0.05, 0) is 24.4 Å². The molecule has 0 bridgehead atoms. The summed E-state index contributed by atoms with van der Waals surface area (Å²) >= 11 is 0. The van der Waals surface area contributed by atoms with Gasteiger partial charge in [-0.3, -0.25) is 0 Å². The maximum absolute atomic E-state index is 9.23. The van der Waals surface area contributed by atoms with Crippen molar-refractivity contribution in [2.45, 2.75) is 32.1 Å². The maximum Gasteiger partial charge on any atom is 0.489 e. The Morgan fingerprint density at radius 3 is 2.47 bits per heavy atom. The zero-order valence-corrected chi connectivity index (χ0v) is 9.89. The van der Waals surface area contributed by atoms with Crippen LogP contribution in [0.2, 0.25) is 0 Å². The second kappa shape index (κ2) is 5.91. The molecule has 1 saturated carbocycles. The molecule has 1 aromatic carbocycles. The van der Waals surface area contributed by atoms with Crippen molar-refractivity contribution in [3.63, 3.8) is 0 Å². The lowest BCUT2D eigenvalue weighted by atomic mass is 9.77. The molecule has 2 nitrogen and oxygen atoms in total. The molecule has 0 heterocycles. The molecule has 0 unspecified atom stereocenters. The first kappa shape index (κ1) is 12.2. The van der Waals surface area contributed by atoms with E-state index in [9.17, 15) is 10.0 Å². The Bertz CT molecular complexity index is 425. The Morgan fingerprint density at radius 1 is 1.06 bits per heavy atom. The minimum atomic E-state index is -1.44. The van der Waals surface area contributed by atoms with E-state index in [1.165, 1.54) is 32.1 Å². The van der Waals surface area contributed by atoms with Crippen LogP contribution in [0, 0.1) is 17.8 Å². The lowest BCUT2D eigenvalue weighted by molar-refractivity contribution is 0.425. The van der Waals surface area contributed by atoms with Gasteiger partial charge in [-0.1, -0.05) is 49.3 Å². The van der Waals surface area contributed by atoms with Crippen molar-refractivity contribution >= 4 is 12.6 Å². The smallest absolute Gasteiger partial charge is 0.423 e. The summed E-state index contributed by atoms with van der Waals surface area (Å²) in [4.78, 5) is 0. The van der Waals surface area contributed by atoms with Gasteiger partial charge >= 0.3 is 7.12 Å². The van der Waals surface area contributed by atoms with Gasteiger partial charge in [0.2, 0.25) is 0 Å². The monoisotopic (exact) mass is 228 g/mol. The number of hydrogen-bond donors (Lipinski definition) is 2. The molecule has 0 saturated heterocycles. The standard InChI is InChI=1S/C14H17BO2/c16-15(17)14-9-5-4-8-13(14)11-10-12-6-2-1-3-7-12/h4-5,8-9,12,16-17H,1-3,6-7H2. The molecule has 0 atom stereocenters. The fourth-order valence-electron chi connectivity index (χ4n) is 2.26. The summed E-state index contributed by atoms with van der Waals surface area (Å²) in [6.45, 7) is 0. The van der Waals surface area contributed by atoms with Gasteiger partial charge in [0.05, 0.1) is 0 Å². The first-order valence-electron chi connectivity index (χ1n) is 6.24. The predicted octanol–water partition coefficient (Wildman–Crippen LogP) is 1.30. The van der Waals surface area contributed by atoms with Gasteiger partial charge in [0.1, 0.15) is 0 Å². The van der Waals surface area contributed by atoms with Crippen LogP contribution in [-0.4, -0.2) is 17.2 Å². The van der Waals surface area contributed by atoms with Crippen LogP contribution < -0.4 is 5.46 Å². The molecule has 1 aliphatic rings. The first-order valence-corrected chi connectivity index (χ1v) is 6.24. The van der Waals surface area contributed by atoms with Crippen molar-refractivity contribution in [3.05, 3.63) is 29.8 Å². The molecule has 17 heavy (non-hydrogen) atoms. The van der Waals surface area contributed by atoms with Crippen molar-refractivity contribution in [3.8, 4) is 11.8 Å². The Balaban J connectivity index is 2.14. The zero-order chi connectivity index (χ0) is 12.1. The minimum absolute atomic E-state index is 0.479. The van der Waals surface area contributed by atoms with Gasteiger partial charge in [-0.2, -0.15) is 0 Å². The summed E-state index contributed by atoms with van der Waals surface area (Å²) in [7, 11) is -1.44. The molecule has 0 amide bonds. The van der Waals surface area contributed by atoms with E-state index in [-0.39, 0.29) is 0 Å². The van der Waals surface area contributed by atoms with Gasteiger partial charge in [0.25, 0.3) is 0 Å². The van der Waals surface area contributed by atoms with Gasteiger partial charge in [0.15, 0.2) is 0 Å². The largest absolute Gasteiger partial charge is 0.489 e. The van der Waals surface area contributed by atoms with Crippen LogP contribution in [0.15, 0.2) is 24.3 Å². The van der Waals surface area contributed by atoms with E-state index in [1.54, 1.807) is 12.1 Å². The summed E-state index contributed by atoms with van der Waals surface area (Å²) < 4.78 is 0. The van der Waals surface area contributed by atoms with Gasteiger partial charge in [0, 0.05) is 11.5 Å². The molecular weight excluding hydrogens is 211 g/mol. The lowest BCUT2D eigenvalue weighted by Gasteiger charge is -2.15. The highest BCUT2D eigenvalue weighted by Gasteiger charge is 2.14. The third-order valence-electron chi connectivity index (χ3n) is 3.26. The predicted molar refractivity (Wildman–Crippen MR) is 69.7 cm³/mol. The van der Waals surface area contributed by atoms with E-state index in [1.807, 2.05) is 12.1 Å². The molecule has 3 heteroatoms. The van der Waals surface area contributed by atoms with Crippen LogP contribution in [-0.2, 0) is 0 Å². The third kappa shape index (κ3) is 3.36. The van der Waals surface area contributed by atoms with E-state index in [0.29, 0.717) is 11.4 Å². The molecule has 1 aromatic rings. The third-order valence-corrected chi connectivity index (χ3v) is 3.26.